The minimum atomic E-state index is 0.151. The molecule has 5 heteroatoms. The van der Waals surface area contributed by atoms with Gasteiger partial charge in [-0.2, -0.15) is 0 Å². The molecule has 130 valence electrons. The predicted octanol–water partition coefficient (Wildman–Crippen LogP) is 1.21. The van der Waals surface area contributed by atoms with Crippen LogP contribution in [0.25, 0.3) is 0 Å². The monoisotopic (exact) mass is 329 g/mol. The Balaban J connectivity index is 1.39. The van der Waals surface area contributed by atoms with Gasteiger partial charge in [-0.3, -0.25) is 9.59 Å². The van der Waals surface area contributed by atoms with Crippen molar-refractivity contribution in [2.45, 2.75) is 26.2 Å². The number of hydrogen-bond donors (Lipinski definition) is 1. The Morgan fingerprint density at radius 1 is 1.00 bits per heavy atom. The number of rotatable bonds is 6. The highest BCUT2D eigenvalue weighted by Crippen LogP contribution is 2.27. The number of amides is 2. The van der Waals surface area contributed by atoms with Gasteiger partial charge in [0.2, 0.25) is 11.8 Å². The molecule has 0 spiro atoms. The second kappa shape index (κ2) is 7.79. The average Bonchev–Trinajstić information content (AvgIpc) is 3.41. The molecule has 1 heterocycles. The number of benzene rings is 1. The molecule has 0 aromatic heterocycles. The molecule has 0 bridgehead atoms. The van der Waals surface area contributed by atoms with Crippen molar-refractivity contribution in [3.8, 4) is 0 Å². The summed E-state index contributed by atoms with van der Waals surface area (Å²) in [5, 5.41) is 3.24. The van der Waals surface area contributed by atoms with Crippen LogP contribution in [0.5, 0.6) is 0 Å². The summed E-state index contributed by atoms with van der Waals surface area (Å²) < 4.78 is 0. The highest BCUT2D eigenvalue weighted by Gasteiger charge is 2.25. The maximum Gasteiger partial charge on any atom is 0.236 e. The zero-order valence-electron chi connectivity index (χ0n) is 14.5. The summed E-state index contributed by atoms with van der Waals surface area (Å²) in [5.41, 5.74) is 2.25. The van der Waals surface area contributed by atoms with Crippen molar-refractivity contribution >= 4 is 11.8 Å². The number of hydrogen-bond acceptors (Lipinski definition) is 3. The van der Waals surface area contributed by atoms with Crippen molar-refractivity contribution in [1.82, 2.24) is 15.1 Å². The van der Waals surface area contributed by atoms with E-state index in [1.807, 2.05) is 41.0 Å². The smallest absolute Gasteiger partial charge is 0.236 e. The first-order valence-corrected chi connectivity index (χ1v) is 8.93. The molecule has 1 aromatic carbocycles. The topological polar surface area (TPSA) is 52.7 Å². The SMILES string of the molecule is Cc1ccc(CC(=O)N2CCN(C(=O)CNCC3CC3)CC2)cc1. The molecule has 2 fully saturated rings. The van der Waals surface area contributed by atoms with E-state index in [0.717, 1.165) is 18.0 Å². The Labute approximate surface area is 144 Å². The van der Waals surface area contributed by atoms with Crippen molar-refractivity contribution in [3.05, 3.63) is 35.4 Å². The number of carbonyl (C=O) groups is 2. The molecule has 3 rings (SSSR count). The molecule has 0 radical (unpaired) electrons. The van der Waals surface area contributed by atoms with Gasteiger partial charge in [0.25, 0.3) is 0 Å². The Morgan fingerprint density at radius 3 is 2.17 bits per heavy atom. The van der Waals surface area contributed by atoms with Gasteiger partial charge < -0.3 is 15.1 Å². The Hall–Kier alpha value is -1.88. The number of piperazine rings is 1. The molecule has 2 amide bonds. The van der Waals surface area contributed by atoms with Crippen LogP contribution in [0.1, 0.15) is 24.0 Å². The van der Waals surface area contributed by atoms with E-state index in [-0.39, 0.29) is 11.8 Å². The molecular weight excluding hydrogens is 302 g/mol. The van der Waals surface area contributed by atoms with Crippen LogP contribution in [0.3, 0.4) is 0 Å². The molecule has 1 aliphatic carbocycles. The van der Waals surface area contributed by atoms with Gasteiger partial charge in [0.1, 0.15) is 0 Å². The summed E-state index contributed by atoms with van der Waals surface area (Å²) in [6, 6.07) is 8.10. The molecule has 1 saturated carbocycles. The minimum absolute atomic E-state index is 0.151. The van der Waals surface area contributed by atoms with E-state index in [4.69, 9.17) is 0 Å². The van der Waals surface area contributed by atoms with E-state index in [1.165, 1.54) is 18.4 Å². The number of nitrogens with one attached hydrogen (secondary N) is 1. The summed E-state index contributed by atoms with van der Waals surface area (Å²) in [6.07, 6.45) is 3.03. The third-order valence-electron chi connectivity index (χ3n) is 4.87. The van der Waals surface area contributed by atoms with E-state index in [2.05, 4.69) is 5.32 Å². The zero-order valence-corrected chi connectivity index (χ0v) is 14.5. The highest BCUT2D eigenvalue weighted by atomic mass is 16.2. The van der Waals surface area contributed by atoms with Gasteiger partial charge in [0.15, 0.2) is 0 Å². The van der Waals surface area contributed by atoms with E-state index in [0.29, 0.717) is 39.1 Å². The first-order valence-electron chi connectivity index (χ1n) is 8.93. The number of aryl methyl sites for hydroxylation is 1. The third-order valence-corrected chi connectivity index (χ3v) is 4.87. The molecular formula is C19H27N3O2. The van der Waals surface area contributed by atoms with Crippen LogP contribution < -0.4 is 5.32 Å². The molecule has 0 atom stereocenters. The lowest BCUT2D eigenvalue weighted by molar-refractivity contribution is -0.138. The lowest BCUT2D eigenvalue weighted by Crippen LogP contribution is -2.52. The van der Waals surface area contributed by atoms with Crippen LogP contribution in [0.4, 0.5) is 0 Å². The molecule has 1 aromatic rings. The average molecular weight is 329 g/mol. The van der Waals surface area contributed by atoms with Gasteiger partial charge in [0, 0.05) is 26.2 Å². The summed E-state index contributed by atoms with van der Waals surface area (Å²) >= 11 is 0. The van der Waals surface area contributed by atoms with Crippen molar-refractivity contribution in [2.75, 3.05) is 39.3 Å². The standard InChI is InChI=1S/C19H27N3O2/c1-15-2-4-16(5-3-15)12-18(23)21-8-10-22(11-9-21)19(24)14-20-13-17-6-7-17/h2-5,17,20H,6-14H2,1H3. The van der Waals surface area contributed by atoms with Crippen molar-refractivity contribution in [2.24, 2.45) is 5.92 Å². The maximum absolute atomic E-state index is 12.4. The molecule has 1 saturated heterocycles. The normalized spacial score (nSPS) is 17.9. The van der Waals surface area contributed by atoms with Crippen LogP contribution in [-0.2, 0) is 16.0 Å². The first-order chi connectivity index (χ1) is 11.6. The van der Waals surface area contributed by atoms with Crippen LogP contribution in [0.2, 0.25) is 0 Å². The second-order valence-corrected chi connectivity index (χ2v) is 7.00. The fourth-order valence-corrected chi connectivity index (χ4v) is 3.01. The molecule has 2 aliphatic rings. The van der Waals surface area contributed by atoms with Crippen molar-refractivity contribution in [3.63, 3.8) is 0 Å². The minimum Gasteiger partial charge on any atom is -0.339 e. The van der Waals surface area contributed by atoms with E-state index < -0.39 is 0 Å². The summed E-state index contributed by atoms with van der Waals surface area (Å²) in [4.78, 5) is 28.3. The first kappa shape index (κ1) is 17.0. The van der Waals surface area contributed by atoms with E-state index in [1.54, 1.807) is 0 Å². The van der Waals surface area contributed by atoms with Gasteiger partial charge in [0.05, 0.1) is 13.0 Å². The van der Waals surface area contributed by atoms with Crippen molar-refractivity contribution < 1.29 is 9.59 Å². The lowest BCUT2D eigenvalue weighted by Gasteiger charge is -2.35. The molecule has 1 N–H and O–H groups in total. The summed E-state index contributed by atoms with van der Waals surface area (Å²) in [5.74, 6) is 1.09. The largest absolute Gasteiger partial charge is 0.339 e. The maximum atomic E-state index is 12.4. The molecule has 1 aliphatic heterocycles. The van der Waals surface area contributed by atoms with Crippen LogP contribution in [0, 0.1) is 12.8 Å². The summed E-state index contributed by atoms with van der Waals surface area (Å²) in [7, 11) is 0. The predicted molar refractivity (Wildman–Crippen MR) is 93.6 cm³/mol. The third kappa shape index (κ3) is 4.81. The van der Waals surface area contributed by atoms with Crippen molar-refractivity contribution in [1.29, 1.82) is 0 Å². The second-order valence-electron chi connectivity index (χ2n) is 7.00. The van der Waals surface area contributed by atoms with Crippen LogP contribution in [0.15, 0.2) is 24.3 Å². The fourth-order valence-electron chi connectivity index (χ4n) is 3.01. The van der Waals surface area contributed by atoms with Gasteiger partial charge in [-0.1, -0.05) is 29.8 Å². The Kier molecular flexibility index (Phi) is 5.51. The summed E-state index contributed by atoms with van der Waals surface area (Å²) in [6.45, 7) is 5.99. The van der Waals surface area contributed by atoms with Gasteiger partial charge in [-0.25, -0.2) is 0 Å². The Morgan fingerprint density at radius 2 is 1.58 bits per heavy atom. The number of carbonyl (C=O) groups excluding carboxylic acids is 2. The molecule has 24 heavy (non-hydrogen) atoms. The van der Waals surface area contributed by atoms with Crippen LogP contribution >= 0.6 is 0 Å². The molecule has 0 unspecified atom stereocenters. The lowest BCUT2D eigenvalue weighted by atomic mass is 10.1. The number of nitrogens with zero attached hydrogens (tertiary/aromatic N) is 2. The van der Waals surface area contributed by atoms with E-state index >= 15 is 0 Å². The van der Waals surface area contributed by atoms with Gasteiger partial charge in [-0.15, -0.1) is 0 Å². The highest BCUT2D eigenvalue weighted by molar-refractivity contribution is 5.80. The van der Waals surface area contributed by atoms with E-state index in [9.17, 15) is 9.59 Å². The zero-order chi connectivity index (χ0) is 16.9. The van der Waals surface area contributed by atoms with Gasteiger partial charge in [-0.05, 0) is 37.8 Å². The quantitative estimate of drug-likeness (QED) is 0.853. The Bertz CT molecular complexity index is 573. The fraction of sp³-hybridized carbons (Fsp3) is 0.579. The molecule has 5 nitrogen and oxygen atoms in total. The van der Waals surface area contributed by atoms with Gasteiger partial charge >= 0.3 is 0 Å². The van der Waals surface area contributed by atoms with Crippen LogP contribution in [-0.4, -0.2) is 60.9 Å².